The van der Waals surface area contributed by atoms with Crippen LogP contribution in [0.4, 0.5) is 5.69 Å². The van der Waals surface area contributed by atoms with Gasteiger partial charge in [-0.15, -0.1) is 0 Å². The molecular formula is C21H32N2O3. The monoisotopic (exact) mass is 360 g/mol. The van der Waals surface area contributed by atoms with Gasteiger partial charge in [0, 0.05) is 12.3 Å². The molecule has 1 N–H and O–H groups in total. The summed E-state index contributed by atoms with van der Waals surface area (Å²) < 4.78 is 11.5. The van der Waals surface area contributed by atoms with Gasteiger partial charge in [0.2, 0.25) is 0 Å². The summed E-state index contributed by atoms with van der Waals surface area (Å²) in [7, 11) is 0. The molecule has 144 valence electrons. The summed E-state index contributed by atoms with van der Waals surface area (Å²) in [6, 6.07) is 7.27. The molecule has 1 atom stereocenters. The first kappa shape index (κ1) is 22.0. The number of nitrogens with zero attached hydrogens (tertiary/aromatic N) is 1. The number of amides is 1. The van der Waals surface area contributed by atoms with Crippen LogP contribution in [0.15, 0.2) is 18.2 Å². The van der Waals surface area contributed by atoms with Gasteiger partial charge in [-0.1, -0.05) is 40.5 Å². The number of hydrogen-bond donors (Lipinski definition) is 1. The fraction of sp³-hybridized carbons (Fsp3) is 0.619. The van der Waals surface area contributed by atoms with Gasteiger partial charge >= 0.3 is 0 Å². The molecule has 1 unspecified atom stereocenters. The molecule has 1 aromatic carbocycles. The average Bonchev–Trinajstić information content (AvgIpc) is 2.63. The van der Waals surface area contributed by atoms with Crippen LogP contribution in [-0.2, 0) is 9.53 Å². The normalized spacial score (nSPS) is 13.1. The number of carbonyl (C=O) groups is 1. The van der Waals surface area contributed by atoms with Gasteiger partial charge in [-0.25, -0.2) is 0 Å². The summed E-state index contributed by atoms with van der Waals surface area (Å²) in [5, 5.41) is 12.3. The quantitative estimate of drug-likeness (QED) is 0.609. The number of benzene rings is 1. The molecule has 0 radical (unpaired) electrons. The highest BCUT2D eigenvalue weighted by Crippen LogP contribution is 2.26. The molecule has 1 amide bonds. The maximum atomic E-state index is 12.8. The van der Waals surface area contributed by atoms with Crippen LogP contribution in [0.2, 0.25) is 0 Å². The first-order valence-corrected chi connectivity index (χ1v) is 9.48. The minimum atomic E-state index is -0.869. The van der Waals surface area contributed by atoms with E-state index in [9.17, 15) is 10.1 Å². The number of anilines is 1. The van der Waals surface area contributed by atoms with Gasteiger partial charge in [-0.05, 0) is 43.9 Å². The van der Waals surface area contributed by atoms with Crippen LogP contribution >= 0.6 is 0 Å². The zero-order valence-corrected chi connectivity index (χ0v) is 16.7. The third kappa shape index (κ3) is 6.68. The Kier molecular flexibility index (Phi) is 9.15. The van der Waals surface area contributed by atoms with E-state index in [-0.39, 0.29) is 5.91 Å². The summed E-state index contributed by atoms with van der Waals surface area (Å²) in [6.07, 6.45) is 3.43. The number of carbonyl (C=O) groups excluding carboxylic acids is 1. The number of nitrogens with one attached hydrogen (secondary N) is 1. The lowest BCUT2D eigenvalue weighted by atomic mass is 9.97. The molecule has 5 heteroatoms. The number of unbranched alkanes of at least 4 members (excludes halogenated alkanes) is 1. The van der Waals surface area contributed by atoms with E-state index in [0.29, 0.717) is 42.6 Å². The smallest absolute Gasteiger partial charge is 0.256 e. The van der Waals surface area contributed by atoms with Gasteiger partial charge in [0.15, 0.2) is 0 Å². The van der Waals surface area contributed by atoms with Gasteiger partial charge in [0.25, 0.3) is 5.91 Å². The van der Waals surface area contributed by atoms with E-state index in [1.54, 1.807) is 18.2 Å². The molecule has 0 aliphatic rings. The molecule has 0 bridgehead atoms. The van der Waals surface area contributed by atoms with Gasteiger partial charge in [0.05, 0.1) is 12.2 Å². The minimum absolute atomic E-state index is 0.181. The summed E-state index contributed by atoms with van der Waals surface area (Å²) in [6.45, 7) is 11.1. The molecule has 0 saturated carbocycles. The lowest BCUT2D eigenvalue weighted by Gasteiger charge is -2.28. The van der Waals surface area contributed by atoms with Crippen molar-refractivity contribution < 1.29 is 14.3 Å². The van der Waals surface area contributed by atoms with Crippen molar-refractivity contribution in [3.63, 3.8) is 0 Å². The van der Waals surface area contributed by atoms with E-state index < -0.39 is 5.60 Å². The minimum Gasteiger partial charge on any atom is -0.492 e. The van der Waals surface area contributed by atoms with Crippen LogP contribution in [0.5, 0.6) is 5.75 Å². The predicted octanol–water partition coefficient (Wildman–Crippen LogP) is 4.91. The number of ether oxygens (including phenoxy) is 2. The molecule has 0 aliphatic heterocycles. The van der Waals surface area contributed by atoms with E-state index in [4.69, 9.17) is 9.47 Å². The maximum Gasteiger partial charge on any atom is 0.256 e. The Labute approximate surface area is 157 Å². The maximum absolute atomic E-state index is 12.8. The molecule has 0 aromatic heterocycles. The highest BCUT2D eigenvalue weighted by Gasteiger charge is 2.33. The van der Waals surface area contributed by atoms with Crippen LogP contribution in [0.1, 0.15) is 65.9 Å². The van der Waals surface area contributed by atoms with E-state index >= 15 is 0 Å². The first-order valence-electron chi connectivity index (χ1n) is 9.48. The fourth-order valence-electron chi connectivity index (χ4n) is 2.43. The molecule has 1 rings (SSSR count). The second kappa shape index (κ2) is 10.8. The molecule has 26 heavy (non-hydrogen) atoms. The number of nitriles is 1. The van der Waals surface area contributed by atoms with Gasteiger partial charge in [-0.3, -0.25) is 4.79 Å². The number of hydrogen-bond acceptors (Lipinski definition) is 4. The third-order valence-electron chi connectivity index (χ3n) is 4.04. The fourth-order valence-corrected chi connectivity index (χ4v) is 2.43. The molecule has 0 saturated heterocycles. The molecule has 0 aliphatic carbocycles. The van der Waals surface area contributed by atoms with E-state index in [1.807, 2.05) is 27.7 Å². The van der Waals surface area contributed by atoms with Crippen LogP contribution in [-0.4, -0.2) is 24.7 Å². The highest BCUT2D eigenvalue weighted by atomic mass is 16.5. The third-order valence-corrected chi connectivity index (χ3v) is 4.04. The molecule has 0 spiro atoms. The topological polar surface area (TPSA) is 71.3 Å². The Hall–Kier alpha value is -2.06. The Morgan fingerprint density at radius 3 is 2.62 bits per heavy atom. The molecule has 1 aromatic rings. The highest BCUT2D eigenvalue weighted by molar-refractivity contribution is 5.97. The van der Waals surface area contributed by atoms with Crippen LogP contribution in [0.3, 0.4) is 0 Å². The van der Waals surface area contributed by atoms with Crippen molar-refractivity contribution in [3.05, 3.63) is 23.8 Å². The van der Waals surface area contributed by atoms with Crippen molar-refractivity contribution in [1.82, 2.24) is 0 Å². The zero-order valence-electron chi connectivity index (χ0n) is 16.7. The Morgan fingerprint density at radius 2 is 2.04 bits per heavy atom. The van der Waals surface area contributed by atoms with Crippen LogP contribution in [0, 0.1) is 17.2 Å². The van der Waals surface area contributed by atoms with Gasteiger partial charge in [-0.2, -0.15) is 5.26 Å². The standard InChI is InChI=1S/C21H32N2O3/c1-6-8-11-21(5,26-12-7-2)20(24)23-18-9-10-19(17(13-18)14-22)25-15-16(3)4/h9-10,13,16H,6-8,11-12,15H2,1-5H3,(H,23,24). The van der Waals surface area contributed by atoms with Crippen molar-refractivity contribution in [2.24, 2.45) is 5.92 Å². The van der Waals surface area contributed by atoms with Crippen molar-refractivity contribution in [3.8, 4) is 11.8 Å². The summed E-state index contributed by atoms with van der Waals surface area (Å²) in [5.74, 6) is 0.727. The molecule has 5 nitrogen and oxygen atoms in total. The lowest BCUT2D eigenvalue weighted by Crippen LogP contribution is -2.43. The zero-order chi connectivity index (χ0) is 19.6. The Balaban J connectivity index is 2.90. The van der Waals surface area contributed by atoms with Crippen LogP contribution < -0.4 is 10.1 Å². The second-order valence-corrected chi connectivity index (χ2v) is 7.16. The van der Waals surface area contributed by atoms with Crippen molar-refractivity contribution in [1.29, 1.82) is 5.26 Å². The van der Waals surface area contributed by atoms with Gasteiger partial charge in [0.1, 0.15) is 17.4 Å². The lowest BCUT2D eigenvalue weighted by molar-refractivity contribution is -0.140. The second-order valence-electron chi connectivity index (χ2n) is 7.16. The van der Waals surface area contributed by atoms with E-state index in [1.165, 1.54) is 0 Å². The van der Waals surface area contributed by atoms with Crippen molar-refractivity contribution >= 4 is 11.6 Å². The van der Waals surface area contributed by atoms with Gasteiger partial charge < -0.3 is 14.8 Å². The molecule has 0 heterocycles. The summed E-state index contributed by atoms with van der Waals surface area (Å²) in [5.41, 5.74) is 0.116. The molecule has 0 fully saturated rings. The van der Waals surface area contributed by atoms with E-state index in [2.05, 4.69) is 18.3 Å². The van der Waals surface area contributed by atoms with Crippen molar-refractivity contribution in [2.45, 2.75) is 65.9 Å². The Morgan fingerprint density at radius 1 is 1.31 bits per heavy atom. The van der Waals surface area contributed by atoms with Crippen molar-refractivity contribution in [2.75, 3.05) is 18.5 Å². The van der Waals surface area contributed by atoms with Crippen LogP contribution in [0.25, 0.3) is 0 Å². The SMILES string of the molecule is CCCCC(C)(OCCC)C(=O)Nc1ccc(OCC(C)C)c(C#N)c1. The largest absolute Gasteiger partial charge is 0.492 e. The average molecular weight is 360 g/mol. The number of rotatable bonds is 11. The Bertz CT molecular complexity index is 612. The molecular weight excluding hydrogens is 328 g/mol. The summed E-state index contributed by atoms with van der Waals surface area (Å²) in [4.78, 5) is 12.8. The predicted molar refractivity (Wildman–Crippen MR) is 104 cm³/mol. The first-order chi connectivity index (χ1) is 12.4. The van der Waals surface area contributed by atoms with E-state index in [0.717, 1.165) is 19.3 Å². The summed E-state index contributed by atoms with van der Waals surface area (Å²) >= 11 is 0.